The summed E-state index contributed by atoms with van der Waals surface area (Å²) in [5, 5.41) is 18.2. The summed E-state index contributed by atoms with van der Waals surface area (Å²) < 4.78 is 0.821. The molecule has 2 N–H and O–H groups in total. The third-order valence-electron chi connectivity index (χ3n) is 2.95. The van der Waals surface area contributed by atoms with E-state index in [0.29, 0.717) is 13.0 Å². The van der Waals surface area contributed by atoms with Crippen molar-refractivity contribution in [2.45, 2.75) is 13.0 Å². The van der Waals surface area contributed by atoms with E-state index in [-0.39, 0.29) is 25.0 Å². The molecule has 2 rings (SSSR count). The van der Waals surface area contributed by atoms with Crippen LogP contribution in [0.25, 0.3) is 0 Å². The average molecular weight is 300 g/mol. The molecule has 0 radical (unpaired) electrons. The fourth-order valence-electron chi connectivity index (χ4n) is 2.00. The summed E-state index contributed by atoms with van der Waals surface area (Å²) in [5.41, 5.74) is 1.53. The topological polar surface area (TPSA) is 60.8 Å². The summed E-state index contributed by atoms with van der Waals surface area (Å²) in [6, 6.07) is 5.42. The lowest BCUT2D eigenvalue weighted by Crippen LogP contribution is -2.25. The molecule has 1 aliphatic rings. The number of hydrogen-bond acceptors (Lipinski definition) is 3. The Morgan fingerprint density at radius 2 is 2.18 bits per heavy atom. The van der Waals surface area contributed by atoms with Crippen LogP contribution in [-0.4, -0.2) is 29.3 Å². The van der Waals surface area contributed by atoms with Crippen molar-refractivity contribution in [1.82, 2.24) is 0 Å². The fraction of sp³-hybridized carbons (Fsp3) is 0.417. The van der Waals surface area contributed by atoms with Crippen LogP contribution in [0, 0.1) is 5.92 Å². The molecule has 5 heteroatoms. The molecule has 1 atom stereocenters. The summed E-state index contributed by atoms with van der Waals surface area (Å²) in [7, 11) is 0. The van der Waals surface area contributed by atoms with Gasteiger partial charge in [-0.3, -0.25) is 4.79 Å². The van der Waals surface area contributed by atoms with Crippen LogP contribution >= 0.6 is 15.9 Å². The van der Waals surface area contributed by atoms with Gasteiger partial charge in [-0.2, -0.15) is 0 Å². The highest BCUT2D eigenvalue weighted by molar-refractivity contribution is 9.10. The average Bonchev–Trinajstić information content (AvgIpc) is 2.71. The summed E-state index contributed by atoms with van der Waals surface area (Å²) in [4.78, 5) is 13.5. The first kappa shape index (κ1) is 12.5. The van der Waals surface area contributed by atoms with Crippen LogP contribution in [0.3, 0.4) is 0 Å². The Kier molecular flexibility index (Phi) is 3.81. The first-order chi connectivity index (χ1) is 8.15. The number of carbonyl (C=O) groups is 1. The molecular formula is C12H14BrNO3. The Labute approximate surface area is 108 Å². The van der Waals surface area contributed by atoms with Crippen molar-refractivity contribution in [2.24, 2.45) is 5.92 Å². The van der Waals surface area contributed by atoms with Crippen molar-refractivity contribution in [3.63, 3.8) is 0 Å². The second kappa shape index (κ2) is 5.16. The highest BCUT2D eigenvalue weighted by atomic mass is 79.9. The third kappa shape index (κ3) is 2.51. The highest BCUT2D eigenvalue weighted by Gasteiger charge is 2.31. The van der Waals surface area contributed by atoms with Gasteiger partial charge in [0.15, 0.2) is 0 Å². The summed E-state index contributed by atoms with van der Waals surface area (Å²) in [6.07, 6.45) is 0.381. The third-order valence-corrected chi connectivity index (χ3v) is 3.62. The zero-order valence-corrected chi connectivity index (χ0v) is 10.9. The van der Waals surface area contributed by atoms with Crippen molar-refractivity contribution in [3.05, 3.63) is 28.2 Å². The number of amides is 1. The molecule has 0 saturated carbocycles. The maximum atomic E-state index is 11.8. The first-order valence-electron chi connectivity index (χ1n) is 5.46. The molecule has 1 saturated heterocycles. The van der Waals surface area contributed by atoms with Gasteiger partial charge in [-0.1, -0.05) is 6.07 Å². The van der Waals surface area contributed by atoms with Crippen molar-refractivity contribution in [1.29, 1.82) is 0 Å². The van der Waals surface area contributed by atoms with Crippen LogP contribution < -0.4 is 4.90 Å². The van der Waals surface area contributed by atoms with E-state index in [2.05, 4.69) is 15.9 Å². The number of aliphatic hydroxyl groups excluding tert-OH is 2. The quantitative estimate of drug-likeness (QED) is 0.884. The molecule has 92 valence electrons. The Hall–Kier alpha value is -0.910. The van der Waals surface area contributed by atoms with Gasteiger partial charge in [0.05, 0.1) is 12.3 Å². The van der Waals surface area contributed by atoms with Gasteiger partial charge in [-0.25, -0.2) is 0 Å². The first-order valence-corrected chi connectivity index (χ1v) is 6.25. The molecule has 1 aromatic carbocycles. The minimum Gasteiger partial charge on any atom is -0.396 e. The summed E-state index contributed by atoms with van der Waals surface area (Å²) in [6.45, 7) is 0.508. The molecule has 4 nitrogen and oxygen atoms in total. The Balaban J connectivity index is 2.30. The summed E-state index contributed by atoms with van der Waals surface area (Å²) in [5.74, 6) is 0.0204. The SMILES string of the molecule is O=C1CC(CO)CN1c1cc(CO)ccc1Br. The van der Waals surface area contributed by atoms with Gasteiger partial charge in [0.25, 0.3) is 0 Å². The number of anilines is 1. The smallest absolute Gasteiger partial charge is 0.227 e. The van der Waals surface area contributed by atoms with Crippen LogP contribution in [0.4, 0.5) is 5.69 Å². The Bertz CT molecular complexity index is 436. The van der Waals surface area contributed by atoms with Gasteiger partial charge < -0.3 is 15.1 Å². The molecule has 0 aromatic heterocycles. The molecule has 0 aliphatic carbocycles. The van der Waals surface area contributed by atoms with Crippen molar-refractivity contribution in [3.8, 4) is 0 Å². The number of rotatable bonds is 3. The lowest BCUT2D eigenvalue weighted by atomic mass is 10.1. The van der Waals surface area contributed by atoms with Gasteiger partial charge in [0.1, 0.15) is 0 Å². The minimum atomic E-state index is -0.0499. The standard InChI is InChI=1S/C12H14BrNO3/c13-10-2-1-8(6-15)3-11(10)14-5-9(7-16)4-12(14)17/h1-3,9,15-16H,4-7H2. The van der Waals surface area contributed by atoms with E-state index in [9.17, 15) is 4.79 Å². The Morgan fingerprint density at radius 1 is 1.41 bits per heavy atom. The Morgan fingerprint density at radius 3 is 2.76 bits per heavy atom. The van der Waals surface area contributed by atoms with E-state index >= 15 is 0 Å². The lowest BCUT2D eigenvalue weighted by molar-refractivity contribution is -0.117. The summed E-state index contributed by atoms with van der Waals surface area (Å²) >= 11 is 3.40. The number of hydrogen-bond donors (Lipinski definition) is 2. The molecule has 1 aliphatic heterocycles. The predicted molar refractivity (Wildman–Crippen MR) is 67.6 cm³/mol. The molecular weight excluding hydrogens is 286 g/mol. The predicted octanol–water partition coefficient (Wildman–Crippen LogP) is 1.29. The minimum absolute atomic E-state index is 0.00665. The maximum absolute atomic E-state index is 11.8. The zero-order valence-electron chi connectivity index (χ0n) is 9.27. The van der Waals surface area contributed by atoms with Crippen LogP contribution in [0.15, 0.2) is 22.7 Å². The molecule has 1 unspecified atom stereocenters. The molecule has 0 bridgehead atoms. The molecule has 1 amide bonds. The van der Waals surface area contributed by atoms with E-state index < -0.39 is 0 Å². The zero-order chi connectivity index (χ0) is 12.4. The van der Waals surface area contributed by atoms with Crippen molar-refractivity contribution < 1.29 is 15.0 Å². The van der Waals surface area contributed by atoms with Crippen LogP contribution in [0.1, 0.15) is 12.0 Å². The second-order valence-corrected chi connectivity index (χ2v) is 5.06. The molecule has 1 aromatic rings. The van der Waals surface area contributed by atoms with E-state index in [1.807, 2.05) is 6.07 Å². The van der Waals surface area contributed by atoms with E-state index in [0.717, 1.165) is 15.7 Å². The number of nitrogens with zero attached hydrogens (tertiary/aromatic N) is 1. The normalized spacial score (nSPS) is 20.1. The molecule has 17 heavy (non-hydrogen) atoms. The molecule has 0 spiro atoms. The van der Waals surface area contributed by atoms with Gasteiger partial charge >= 0.3 is 0 Å². The molecule has 1 fully saturated rings. The number of benzene rings is 1. The monoisotopic (exact) mass is 299 g/mol. The van der Waals surface area contributed by atoms with Crippen molar-refractivity contribution >= 4 is 27.5 Å². The van der Waals surface area contributed by atoms with Gasteiger partial charge in [0, 0.05) is 30.0 Å². The van der Waals surface area contributed by atoms with Crippen LogP contribution in [0.2, 0.25) is 0 Å². The largest absolute Gasteiger partial charge is 0.396 e. The lowest BCUT2D eigenvalue weighted by Gasteiger charge is -2.19. The fourth-order valence-corrected chi connectivity index (χ4v) is 2.46. The van der Waals surface area contributed by atoms with Crippen molar-refractivity contribution in [2.75, 3.05) is 18.1 Å². The number of carbonyl (C=O) groups excluding carboxylic acids is 1. The van der Waals surface area contributed by atoms with Crippen LogP contribution in [0.5, 0.6) is 0 Å². The number of aliphatic hydroxyl groups is 2. The molecule has 1 heterocycles. The van der Waals surface area contributed by atoms with E-state index in [1.54, 1.807) is 17.0 Å². The van der Waals surface area contributed by atoms with Gasteiger partial charge in [0.2, 0.25) is 5.91 Å². The highest BCUT2D eigenvalue weighted by Crippen LogP contribution is 2.32. The second-order valence-electron chi connectivity index (χ2n) is 4.20. The maximum Gasteiger partial charge on any atom is 0.227 e. The van der Waals surface area contributed by atoms with E-state index in [1.165, 1.54) is 0 Å². The van der Waals surface area contributed by atoms with Gasteiger partial charge in [-0.05, 0) is 33.6 Å². The number of halogens is 1. The van der Waals surface area contributed by atoms with Crippen LogP contribution in [-0.2, 0) is 11.4 Å². The van der Waals surface area contributed by atoms with E-state index in [4.69, 9.17) is 10.2 Å². The van der Waals surface area contributed by atoms with Gasteiger partial charge in [-0.15, -0.1) is 0 Å².